The van der Waals surface area contributed by atoms with Crippen molar-refractivity contribution in [3.8, 4) is 0 Å². The van der Waals surface area contributed by atoms with Crippen molar-refractivity contribution >= 4 is 11.9 Å². The van der Waals surface area contributed by atoms with Gasteiger partial charge in [0, 0.05) is 0 Å². The summed E-state index contributed by atoms with van der Waals surface area (Å²) in [5, 5.41) is 18.4. The summed E-state index contributed by atoms with van der Waals surface area (Å²) < 4.78 is 5.29. The summed E-state index contributed by atoms with van der Waals surface area (Å²) >= 11 is 0. The lowest BCUT2D eigenvalue weighted by Gasteiger charge is -2.26. The van der Waals surface area contributed by atoms with Crippen molar-refractivity contribution in [2.24, 2.45) is 17.8 Å². The van der Waals surface area contributed by atoms with E-state index in [0.29, 0.717) is 25.4 Å². The normalized spacial score (nSPS) is 24.5. The zero-order valence-electron chi connectivity index (χ0n) is 13.8. The summed E-state index contributed by atoms with van der Waals surface area (Å²) in [6, 6.07) is 0. The first-order chi connectivity index (χ1) is 10.4. The zero-order chi connectivity index (χ0) is 16.5. The number of aliphatic hydroxyl groups excluding tert-OH is 1. The Bertz CT molecular complexity index is 353. The van der Waals surface area contributed by atoms with E-state index in [1.165, 1.54) is 0 Å². The quantitative estimate of drug-likeness (QED) is 0.505. The molecule has 1 rings (SSSR count). The lowest BCUT2D eigenvalue weighted by Crippen LogP contribution is -2.34. The highest BCUT2D eigenvalue weighted by molar-refractivity contribution is 5.81. The molecule has 2 unspecified atom stereocenters. The minimum Gasteiger partial charge on any atom is -0.481 e. The van der Waals surface area contributed by atoms with Crippen LogP contribution in [0.25, 0.3) is 0 Å². The molecule has 0 aromatic heterocycles. The maximum Gasteiger partial charge on any atom is 0.309 e. The Balaban J connectivity index is 2.23. The van der Waals surface area contributed by atoms with Crippen LogP contribution >= 0.6 is 0 Å². The van der Waals surface area contributed by atoms with Gasteiger partial charge in [0.1, 0.15) is 0 Å². The molecule has 5 heteroatoms. The predicted molar refractivity (Wildman–Crippen MR) is 83.4 cm³/mol. The number of aliphatic carboxylic acids is 1. The van der Waals surface area contributed by atoms with Crippen molar-refractivity contribution in [3.63, 3.8) is 0 Å². The lowest BCUT2D eigenvalue weighted by molar-refractivity contribution is -0.159. The molecule has 0 heterocycles. The number of carboxylic acid groups (broad SMARTS) is 1. The summed E-state index contributed by atoms with van der Waals surface area (Å²) in [4.78, 5) is 23.2. The van der Waals surface area contributed by atoms with Crippen LogP contribution in [-0.2, 0) is 14.3 Å². The molecule has 1 saturated carbocycles. The van der Waals surface area contributed by atoms with Gasteiger partial charge in [-0.05, 0) is 51.4 Å². The molecule has 0 amide bonds. The minimum atomic E-state index is -0.881. The third-order valence-electron chi connectivity index (χ3n) is 4.55. The molecule has 0 aromatic carbocycles. The van der Waals surface area contributed by atoms with Gasteiger partial charge in [0.05, 0.1) is 24.5 Å². The molecule has 0 aromatic rings. The number of ether oxygens (including phenoxy) is 1. The molecule has 1 aliphatic carbocycles. The van der Waals surface area contributed by atoms with Crippen LogP contribution in [0.4, 0.5) is 0 Å². The molecule has 22 heavy (non-hydrogen) atoms. The largest absolute Gasteiger partial charge is 0.481 e. The van der Waals surface area contributed by atoms with Gasteiger partial charge >= 0.3 is 11.9 Å². The standard InChI is InChI=1S/C17H30O5/c1-12(9-10-13(2)18)6-5-11-22-17(21)15-8-4-3-7-14(15)16(19)20/h12-15,18H,3-11H2,1-2H3,(H,19,20)/t12?,13?,14-,15+/m1/s1. The SMILES string of the molecule is CC(O)CCC(C)CCCOC(=O)[C@H]1CCCC[C@H]1C(=O)O. The molecule has 1 fully saturated rings. The number of hydrogen-bond acceptors (Lipinski definition) is 4. The van der Waals surface area contributed by atoms with Crippen LogP contribution in [-0.4, -0.2) is 34.9 Å². The highest BCUT2D eigenvalue weighted by atomic mass is 16.5. The Kier molecular flexibility index (Phi) is 8.46. The summed E-state index contributed by atoms with van der Waals surface area (Å²) in [5.74, 6) is -1.78. The van der Waals surface area contributed by atoms with Gasteiger partial charge in [-0.15, -0.1) is 0 Å². The Hall–Kier alpha value is -1.10. The van der Waals surface area contributed by atoms with Crippen LogP contribution in [0.15, 0.2) is 0 Å². The summed E-state index contributed by atoms with van der Waals surface area (Å²) in [5.41, 5.74) is 0. The number of hydrogen-bond donors (Lipinski definition) is 2. The number of carbonyl (C=O) groups is 2. The van der Waals surface area contributed by atoms with Gasteiger partial charge in [-0.25, -0.2) is 0 Å². The van der Waals surface area contributed by atoms with Gasteiger partial charge in [-0.3, -0.25) is 9.59 Å². The first kappa shape index (κ1) is 18.9. The molecular weight excluding hydrogens is 284 g/mol. The summed E-state index contributed by atoms with van der Waals surface area (Å²) in [7, 11) is 0. The Labute approximate surface area is 133 Å². The second-order valence-electron chi connectivity index (χ2n) is 6.68. The zero-order valence-corrected chi connectivity index (χ0v) is 13.8. The fourth-order valence-electron chi connectivity index (χ4n) is 3.09. The van der Waals surface area contributed by atoms with Crippen molar-refractivity contribution in [1.82, 2.24) is 0 Å². The van der Waals surface area contributed by atoms with E-state index >= 15 is 0 Å². The second-order valence-corrected chi connectivity index (χ2v) is 6.68. The van der Waals surface area contributed by atoms with Crippen molar-refractivity contribution in [2.75, 3.05) is 6.61 Å². The third-order valence-corrected chi connectivity index (χ3v) is 4.55. The van der Waals surface area contributed by atoms with Gasteiger partial charge < -0.3 is 14.9 Å². The number of carbonyl (C=O) groups excluding carboxylic acids is 1. The molecule has 0 radical (unpaired) electrons. The van der Waals surface area contributed by atoms with Crippen LogP contribution in [0.1, 0.15) is 65.2 Å². The van der Waals surface area contributed by atoms with E-state index in [1.54, 1.807) is 6.92 Å². The van der Waals surface area contributed by atoms with E-state index in [0.717, 1.165) is 38.5 Å². The van der Waals surface area contributed by atoms with Crippen LogP contribution < -0.4 is 0 Å². The van der Waals surface area contributed by atoms with Crippen molar-refractivity contribution < 1.29 is 24.5 Å². The topological polar surface area (TPSA) is 83.8 Å². The smallest absolute Gasteiger partial charge is 0.309 e. The van der Waals surface area contributed by atoms with Gasteiger partial charge in [-0.2, -0.15) is 0 Å². The van der Waals surface area contributed by atoms with Crippen molar-refractivity contribution in [2.45, 2.75) is 71.3 Å². The molecule has 2 N–H and O–H groups in total. The second kappa shape index (κ2) is 9.82. The third kappa shape index (κ3) is 6.77. The van der Waals surface area contributed by atoms with Crippen LogP contribution in [0.3, 0.4) is 0 Å². The molecule has 5 nitrogen and oxygen atoms in total. The minimum absolute atomic E-state index is 0.264. The highest BCUT2D eigenvalue weighted by Crippen LogP contribution is 2.31. The van der Waals surface area contributed by atoms with Crippen LogP contribution in [0.2, 0.25) is 0 Å². The van der Waals surface area contributed by atoms with E-state index in [-0.39, 0.29) is 12.1 Å². The summed E-state index contributed by atoms with van der Waals surface area (Å²) in [6.07, 6.45) is 6.22. The number of rotatable bonds is 9. The molecule has 0 spiro atoms. The van der Waals surface area contributed by atoms with Crippen LogP contribution in [0.5, 0.6) is 0 Å². The fraction of sp³-hybridized carbons (Fsp3) is 0.882. The van der Waals surface area contributed by atoms with Crippen LogP contribution in [0, 0.1) is 17.8 Å². The van der Waals surface area contributed by atoms with Gasteiger partial charge in [0.15, 0.2) is 0 Å². The van der Waals surface area contributed by atoms with Crippen molar-refractivity contribution in [1.29, 1.82) is 0 Å². The van der Waals surface area contributed by atoms with E-state index in [9.17, 15) is 19.8 Å². The first-order valence-corrected chi connectivity index (χ1v) is 8.49. The maximum absolute atomic E-state index is 12.1. The van der Waals surface area contributed by atoms with Gasteiger partial charge in [-0.1, -0.05) is 19.8 Å². The molecule has 0 bridgehead atoms. The average Bonchev–Trinajstić information content (AvgIpc) is 2.49. The van der Waals surface area contributed by atoms with E-state index in [2.05, 4.69) is 6.92 Å². The first-order valence-electron chi connectivity index (χ1n) is 8.49. The molecular formula is C17H30O5. The number of esters is 1. The molecule has 0 aliphatic heterocycles. The average molecular weight is 314 g/mol. The van der Waals surface area contributed by atoms with E-state index < -0.39 is 17.8 Å². The maximum atomic E-state index is 12.1. The highest BCUT2D eigenvalue weighted by Gasteiger charge is 2.36. The van der Waals surface area contributed by atoms with Gasteiger partial charge in [0.25, 0.3) is 0 Å². The molecule has 0 saturated heterocycles. The number of aliphatic hydroxyl groups is 1. The molecule has 1 aliphatic rings. The summed E-state index contributed by atoms with van der Waals surface area (Å²) in [6.45, 7) is 4.28. The van der Waals surface area contributed by atoms with E-state index in [4.69, 9.17) is 4.74 Å². The number of carboxylic acids is 1. The van der Waals surface area contributed by atoms with Crippen molar-refractivity contribution in [3.05, 3.63) is 0 Å². The monoisotopic (exact) mass is 314 g/mol. The molecule has 4 atom stereocenters. The Morgan fingerprint density at radius 3 is 2.32 bits per heavy atom. The lowest BCUT2D eigenvalue weighted by atomic mass is 9.79. The molecule has 128 valence electrons. The predicted octanol–water partition coefficient (Wildman–Crippen LogP) is 3.00. The Morgan fingerprint density at radius 2 is 1.73 bits per heavy atom. The van der Waals surface area contributed by atoms with E-state index in [1.807, 2.05) is 0 Å². The Morgan fingerprint density at radius 1 is 1.09 bits per heavy atom. The van der Waals surface area contributed by atoms with Gasteiger partial charge in [0.2, 0.25) is 0 Å². The fourth-order valence-corrected chi connectivity index (χ4v) is 3.09.